The van der Waals surface area contributed by atoms with Gasteiger partial charge in [0.15, 0.2) is 0 Å². The minimum atomic E-state index is -4.55. The number of hydrogen-bond donors (Lipinski definition) is 0. The molecule has 5 rings (SSSR count). The fourth-order valence-electron chi connectivity index (χ4n) is 3.58. The number of alkyl halides is 3. The van der Waals surface area contributed by atoms with E-state index in [0.717, 1.165) is 35.8 Å². The highest BCUT2D eigenvalue weighted by molar-refractivity contribution is 5.78. The number of rotatable bonds is 5. The number of pyridine rings is 1. The van der Waals surface area contributed by atoms with E-state index in [2.05, 4.69) is 4.57 Å². The van der Waals surface area contributed by atoms with Gasteiger partial charge in [-0.25, -0.2) is 4.98 Å². The number of fused-ring (bicyclic) bond motifs is 1. The van der Waals surface area contributed by atoms with Gasteiger partial charge in [-0.2, -0.15) is 13.2 Å². The quantitative estimate of drug-likeness (QED) is 0.458. The van der Waals surface area contributed by atoms with Crippen LogP contribution in [0, 0.1) is 0 Å². The van der Waals surface area contributed by atoms with Crippen LogP contribution in [0.3, 0.4) is 0 Å². The monoisotopic (exact) mass is 429 g/mol. The second-order valence-electron chi connectivity index (χ2n) is 7.60. The van der Waals surface area contributed by atoms with Crippen molar-refractivity contribution >= 4 is 11.0 Å². The van der Waals surface area contributed by atoms with Crippen molar-refractivity contribution in [2.45, 2.75) is 31.5 Å². The number of aromatic nitrogens is 3. The van der Waals surface area contributed by atoms with Crippen LogP contribution in [0.1, 0.15) is 36.1 Å². The van der Waals surface area contributed by atoms with Gasteiger partial charge in [0.25, 0.3) is 5.56 Å². The summed E-state index contributed by atoms with van der Waals surface area (Å²) in [5.41, 5.74) is 2.20. The number of benzene rings is 1. The van der Waals surface area contributed by atoms with E-state index in [-0.39, 0.29) is 23.7 Å². The Kier molecular flexibility index (Phi) is 4.42. The zero-order valence-electron chi connectivity index (χ0n) is 16.5. The minimum Gasteiger partial charge on any atom is -0.485 e. The first kappa shape index (κ1) is 19.5. The molecule has 0 saturated heterocycles. The molecule has 3 heterocycles. The highest BCUT2D eigenvalue weighted by atomic mass is 19.4. The summed E-state index contributed by atoms with van der Waals surface area (Å²) in [5, 5.41) is 0. The van der Waals surface area contributed by atoms with Crippen LogP contribution < -0.4 is 10.3 Å². The first-order chi connectivity index (χ1) is 14.8. The Hall–Kier alpha value is -3.49. The van der Waals surface area contributed by atoms with Crippen LogP contribution >= 0.6 is 0 Å². The summed E-state index contributed by atoms with van der Waals surface area (Å²) in [4.78, 5) is 17.3. The molecule has 6 nitrogen and oxygen atoms in total. The van der Waals surface area contributed by atoms with E-state index in [1.54, 1.807) is 12.3 Å². The van der Waals surface area contributed by atoms with Gasteiger partial charge in [0.2, 0.25) is 5.76 Å². The maximum atomic E-state index is 12.6. The van der Waals surface area contributed by atoms with Gasteiger partial charge in [-0.15, -0.1) is 0 Å². The maximum Gasteiger partial charge on any atom is 0.449 e. The van der Waals surface area contributed by atoms with Crippen LogP contribution in [0.25, 0.3) is 16.7 Å². The van der Waals surface area contributed by atoms with Crippen LogP contribution in [0.15, 0.2) is 57.9 Å². The summed E-state index contributed by atoms with van der Waals surface area (Å²) >= 11 is 0. The molecule has 160 valence electrons. The van der Waals surface area contributed by atoms with Gasteiger partial charge >= 0.3 is 6.18 Å². The Labute approximate surface area is 174 Å². The predicted octanol–water partition coefficient (Wildman–Crippen LogP) is 4.79. The minimum absolute atomic E-state index is 0.0182. The molecule has 0 N–H and O–H groups in total. The molecule has 1 saturated carbocycles. The van der Waals surface area contributed by atoms with Gasteiger partial charge < -0.3 is 13.7 Å². The van der Waals surface area contributed by atoms with E-state index in [9.17, 15) is 18.0 Å². The second-order valence-corrected chi connectivity index (χ2v) is 7.60. The molecule has 1 aliphatic carbocycles. The van der Waals surface area contributed by atoms with E-state index >= 15 is 0 Å². The summed E-state index contributed by atoms with van der Waals surface area (Å²) in [6.45, 7) is -0.218. The third-order valence-electron chi connectivity index (χ3n) is 5.33. The first-order valence-corrected chi connectivity index (χ1v) is 9.78. The van der Waals surface area contributed by atoms with Crippen LogP contribution in [-0.2, 0) is 19.8 Å². The molecular formula is C22H18F3N3O3. The highest BCUT2D eigenvalue weighted by Crippen LogP contribution is 2.40. The number of halogens is 3. The molecule has 9 heteroatoms. The zero-order chi connectivity index (χ0) is 21.8. The molecule has 0 spiro atoms. The van der Waals surface area contributed by atoms with Crippen LogP contribution in [-0.4, -0.2) is 14.1 Å². The standard InChI is InChI=1S/C22H18F3N3O3/c1-27-18-10-14(4-6-17(18)26-21(27)13-2-3-13)28-9-8-15(11-20(28)29)30-12-16-5-7-19(31-16)22(23,24)25/h4-11,13H,2-3,12H2,1H3. The molecule has 0 radical (unpaired) electrons. The van der Waals surface area contributed by atoms with Crippen molar-refractivity contribution in [1.82, 2.24) is 14.1 Å². The van der Waals surface area contributed by atoms with Crippen LogP contribution in [0.4, 0.5) is 13.2 Å². The smallest absolute Gasteiger partial charge is 0.449 e. The van der Waals surface area contributed by atoms with Crippen molar-refractivity contribution in [3.8, 4) is 11.4 Å². The first-order valence-electron chi connectivity index (χ1n) is 9.78. The Bertz CT molecular complexity index is 1330. The summed E-state index contributed by atoms with van der Waals surface area (Å²) in [6.07, 6.45) is -0.672. The number of hydrogen-bond acceptors (Lipinski definition) is 4. The van der Waals surface area contributed by atoms with Crippen molar-refractivity contribution in [3.63, 3.8) is 0 Å². The highest BCUT2D eigenvalue weighted by Gasteiger charge is 2.34. The molecule has 31 heavy (non-hydrogen) atoms. The summed E-state index contributed by atoms with van der Waals surface area (Å²) in [5.74, 6) is 0.751. The molecule has 1 fully saturated rings. The lowest BCUT2D eigenvalue weighted by atomic mass is 10.2. The summed E-state index contributed by atoms with van der Waals surface area (Å²) in [6, 6.07) is 10.5. The Morgan fingerprint density at radius 3 is 2.65 bits per heavy atom. The number of aryl methyl sites for hydroxylation is 1. The average molecular weight is 429 g/mol. The molecule has 0 bridgehead atoms. The van der Waals surface area contributed by atoms with E-state index < -0.39 is 11.9 Å². The molecule has 0 aliphatic heterocycles. The molecule has 0 amide bonds. The zero-order valence-corrected chi connectivity index (χ0v) is 16.5. The lowest BCUT2D eigenvalue weighted by molar-refractivity contribution is -0.153. The Morgan fingerprint density at radius 2 is 1.97 bits per heavy atom. The maximum absolute atomic E-state index is 12.6. The van der Waals surface area contributed by atoms with Crippen molar-refractivity contribution in [1.29, 1.82) is 0 Å². The molecule has 4 aromatic rings. The second kappa shape index (κ2) is 7.04. The van der Waals surface area contributed by atoms with Crippen molar-refractivity contribution < 1.29 is 22.3 Å². The van der Waals surface area contributed by atoms with Crippen LogP contribution in [0.5, 0.6) is 5.75 Å². The number of furan rings is 1. The average Bonchev–Trinajstić information content (AvgIpc) is 3.35. The van der Waals surface area contributed by atoms with Gasteiger partial charge in [-0.3, -0.25) is 9.36 Å². The number of ether oxygens (including phenoxy) is 1. The fraction of sp³-hybridized carbons (Fsp3) is 0.273. The molecule has 0 unspecified atom stereocenters. The number of nitrogens with zero attached hydrogens (tertiary/aromatic N) is 3. The predicted molar refractivity (Wildman–Crippen MR) is 106 cm³/mol. The largest absolute Gasteiger partial charge is 0.485 e. The lowest BCUT2D eigenvalue weighted by Gasteiger charge is -2.09. The van der Waals surface area contributed by atoms with Gasteiger partial charge in [0.1, 0.15) is 23.9 Å². The Balaban J connectivity index is 1.36. The number of imidazole rings is 1. The van der Waals surface area contributed by atoms with Gasteiger partial charge in [-0.05, 0) is 49.2 Å². The lowest BCUT2D eigenvalue weighted by Crippen LogP contribution is -2.16. The normalized spacial score (nSPS) is 14.3. The molecule has 1 aromatic carbocycles. The fourth-order valence-corrected chi connectivity index (χ4v) is 3.58. The van der Waals surface area contributed by atoms with Crippen molar-refractivity contribution in [2.75, 3.05) is 0 Å². The van der Waals surface area contributed by atoms with Crippen molar-refractivity contribution in [2.24, 2.45) is 7.05 Å². The SMILES string of the molecule is Cn1c(C2CC2)nc2ccc(-n3ccc(OCc4ccc(C(F)(F)F)o4)cc3=O)cc21. The van der Waals surface area contributed by atoms with Gasteiger partial charge in [-0.1, -0.05) is 0 Å². The van der Waals surface area contributed by atoms with E-state index in [4.69, 9.17) is 14.1 Å². The summed E-state index contributed by atoms with van der Waals surface area (Å²) < 4.78 is 51.5. The van der Waals surface area contributed by atoms with E-state index in [0.29, 0.717) is 11.6 Å². The van der Waals surface area contributed by atoms with Crippen molar-refractivity contribution in [3.05, 3.63) is 76.4 Å². The molecule has 0 atom stereocenters. The third kappa shape index (κ3) is 3.71. The van der Waals surface area contributed by atoms with Gasteiger partial charge in [0, 0.05) is 25.2 Å². The summed E-state index contributed by atoms with van der Waals surface area (Å²) in [7, 11) is 1.98. The molecular weight excluding hydrogens is 411 g/mol. The van der Waals surface area contributed by atoms with Gasteiger partial charge in [0.05, 0.1) is 16.7 Å². The van der Waals surface area contributed by atoms with E-state index in [1.807, 2.05) is 25.2 Å². The topological polar surface area (TPSA) is 62.2 Å². The third-order valence-corrected chi connectivity index (χ3v) is 5.33. The molecule has 3 aromatic heterocycles. The van der Waals surface area contributed by atoms with Crippen LogP contribution in [0.2, 0.25) is 0 Å². The Morgan fingerprint density at radius 1 is 1.16 bits per heavy atom. The molecule has 1 aliphatic rings. The van der Waals surface area contributed by atoms with E-state index in [1.165, 1.54) is 16.7 Å².